The first-order chi connectivity index (χ1) is 10.6. The number of esters is 1. The molecule has 0 N–H and O–H groups in total. The van der Waals surface area contributed by atoms with Crippen LogP contribution in [0.5, 0.6) is 0 Å². The molecule has 2 rings (SSSR count). The van der Waals surface area contributed by atoms with Gasteiger partial charge in [-0.2, -0.15) is 0 Å². The van der Waals surface area contributed by atoms with Crippen molar-refractivity contribution < 1.29 is 13.9 Å². The zero-order chi connectivity index (χ0) is 15.9. The molecule has 0 heterocycles. The molecule has 2 atom stereocenters. The van der Waals surface area contributed by atoms with Gasteiger partial charge in [-0.05, 0) is 0 Å². The topological polar surface area (TPSA) is 26.3 Å². The summed E-state index contributed by atoms with van der Waals surface area (Å²) in [5.74, 6) is -0.772. The van der Waals surface area contributed by atoms with Gasteiger partial charge >= 0.3 is 136 Å². The number of rotatable bonds is 6. The molecule has 0 spiro atoms. The molecule has 0 aromatic heterocycles. The van der Waals surface area contributed by atoms with Crippen molar-refractivity contribution >= 4 is 25.4 Å². The Labute approximate surface area is 136 Å². The minimum absolute atomic E-state index is 0.0937. The van der Waals surface area contributed by atoms with E-state index in [1.807, 2.05) is 61.5 Å². The number of ether oxygens (including phenoxy) is 1. The van der Waals surface area contributed by atoms with Crippen LogP contribution < -0.4 is 4.46 Å². The molecule has 0 amide bonds. The summed E-state index contributed by atoms with van der Waals surface area (Å²) in [6.07, 6.45) is -1.58. The second-order valence-electron chi connectivity index (χ2n) is 5.13. The maximum absolute atomic E-state index is 14.2. The Balaban J connectivity index is 1.84. The van der Waals surface area contributed by atoms with Crippen molar-refractivity contribution in [3.05, 3.63) is 65.7 Å². The van der Waals surface area contributed by atoms with Gasteiger partial charge in [0.1, 0.15) is 0 Å². The molecule has 0 fully saturated rings. The Morgan fingerprint density at radius 3 is 2.41 bits per heavy atom. The summed E-state index contributed by atoms with van der Waals surface area (Å²) in [6, 6.07) is 17.3. The van der Waals surface area contributed by atoms with Crippen LogP contribution in [0.15, 0.2) is 54.6 Å². The molecule has 2 aromatic rings. The molecule has 0 saturated heterocycles. The number of hydrogen-bond donors (Lipinski definition) is 0. The molecule has 116 valence electrons. The Morgan fingerprint density at radius 2 is 1.77 bits per heavy atom. The third-order valence-electron chi connectivity index (χ3n) is 3.20. The summed E-state index contributed by atoms with van der Waals surface area (Å²) in [5, 5.41) is 0. The van der Waals surface area contributed by atoms with Gasteiger partial charge in [0.05, 0.1) is 0 Å². The zero-order valence-corrected chi connectivity index (χ0v) is 14.4. The summed E-state index contributed by atoms with van der Waals surface area (Å²) in [4.78, 5) is 11.5. The van der Waals surface area contributed by atoms with Gasteiger partial charge < -0.3 is 0 Å². The number of alkyl halides is 1. The number of aryl methyl sites for hydroxylation is 1. The number of hydrogen-bond acceptors (Lipinski definition) is 2. The summed E-state index contributed by atoms with van der Waals surface area (Å²) < 4.78 is 20.3. The Kier molecular flexibility index (Phi) is 6.17. The molecule has 22 heavy (non-hydrogen) atoms. The van der Waals surface area contributed by atoms with Gasteiger partial charge in [-0.1, -0.05) is 0 Å². The fourth-order valence-electron chi connectivity index (χ4n) is 1.88. The van der Waals surface area contributed by atoms with Crippen LogP contribution in [0.3, 0.4) is 0 Å². The average molecular weight is 365 g/mol. The van der Waals surface area contributed by atoms with E-state index in [2.05, 4.69) is 0 Å². The number of carbonyl (C=O) groups is 1. The molecular weight excluding hydrogens is 346 g/mol. The summed E-state index contributed by atoms with van der Waals surface area (Å²) >= 11 is -0.0937. The van der Waals surface area contributed by atoms with E-state index in [9.17, 15) is 9.18 Å². The van der Waals surface area contributed by atoms with Crippen LogP contribution in [0, 0.1) is 6.92 Å². The summed E-state index contributed by atoms with van der Waals surface area (Å²) in [6.45, 7) is 3.86. The van der Waals surface area contributed by atoms with E-state index in [1.165, 1.54) is 0 Å². The predicted octanol–water partition coefficient (Wildman–Crippen LogP) is 3.21. The molecule has 0 aliphatic heterocycles. The van der Waals surface area contributed by atoms with Crippen molar-refractivity contribution in [1.82, 2.24) is 0 Å². The Hall–Kier alpha value is -1.64. The van der Waals surface area contributed by atoms with Gasteiger partial charge in [-0.3, -0.25) is 0 Å². The standard InChI is InChI=1S/C18H19FO2Se/c1-13-8-10-15(11-9-13)12-21-18(20)17(19)14(2)22-16-6-4-3-5-7-16/h3-11,14,17H,12H2,1-2H3. The van der Waals surface area contributed by atoms with E-state index in [1.54, 1.807) is 6.92 Å². The number of halogens is 1. The SMILES string of the molecule is Cc1ccc(COC(=O)C(F)C(C)[Se]c2ccccc2)cc1. The molecule has 2 nitrogen and oxygen atoms in total. The molecule has 2 aromatic carbocycles. The van der Waals surface area contributed by atoms with Gasteiger partial charge in [0.15, 0.2) is 0 Å². The van der Waals surface area contributed by atoms with Crippen LogP contribution in [0.1, 0.15) is 18.1 Å². The molecule has 0 aliphatic rings. The fraction of sp³-hybridized carbons (Fsp3) is 0.278. The van der Waals surface area contributed by atoms with Crippen molar-refractivity contribution in [3.63, 3.8) is 0 Å². The van der Waals surface area contributed by atoms with Gasteiger partial charge in [-0.25, -0.2) is 0 Å². The van der Waals surface area contributed by atoms with E-state index in [-0.39, 0.29) is 26.4 Å². The van der Waals surface area contributed by atoms with E-state index in [0.29, 0.717) is 0 Å². The van der Waals surface area contributed by atoms with Crippen LogP contribution in [-0.4, -0.2) is 27.1 Å². The van der Waals surface area contributed by atoms with Crippen LogP contribution in [-0.2, 0) is 16.1 Å². The molecule has 4 heteroatoms. The van der Waals surface area contributed by atoms with E-state index in [0.717, 1.165) is 15.6 Å². The molecular formula is C18H19FO2Se. The Morgan fingerprint density at radius 1 is 1.14 bits per heavy atom. The molecule has 0 saturated carbocycles. The monoisotopic (exact) mass is 366 g/mol. The Bertz CT molecular complexity index is 598. The van der Waals surface area contributed by atoms with Crippen molar-refractivity contribution in [2.24, 2.45) is 0 Å². The second kappa shape index (κ2) is 8.11. The second-order valence-corrected chi connectivity index (χ2v) is 8.17. The van der Waals surface area contributed by atoms with E-state index < -0.39 is 12.1 Å². The van der Waals surface area contributed by atoms with Crippen molar-refractivity contribution in [2.75, 3.05) is 0 Å². The van der Waals surface area contributed by atoms with Crippen LogP contribution in [0.25, 0.3) is 0 Å². The molecule has 0 aliphatic carbocycles. The first kappa shape index (κ1) is 16.7. The van der Waals surface area contributed by atoms with Crippen LogP contribution in [0.2, 0.25) is 4.82 Å². The first-order valence-corrected chi connectivity index (χ1v) is 8.99. The normalized spacial score (nSPS) is 13.4. The zero-order valence-electron chi connectivity index (χ0n) is 12.7. The average Bonchev–Trinajstić information content (AvgIpc) is 2.54. The summed E-state index contributed by atoms with van der Waals surface area (Å²) in [7, 11) is 0. The predicted molar refractivity (Wildman–Crippen MR) is 87.1 cm³/mol. The molecule has 2 unspecified atom stereocenters. The van der Waals surface area contributed by atoms with Crippen molar-refractivity contribution in [1.29, 1.82) is 0 Å². The molecule has 0 radical (unpaired) electrons. The maximum atomic E-state index is 14.2. The molecule has 0 bridgehead atoms. The first-order valence-electron chi connectivity index (χ1n) is 7.14. The van der Waals surface area contributed by atoms with Gasteiger partial charge in [-0.15, -0.1) is 0 Å². The fourth-order valence-corrected chi connectivity index (χ4v) is 3.93. The van der Waals surface area contributed by atoms with Crippen LogP contribution >= 0.6 is 0 Å². The number of carbonyl (C=O) groups excluding carboxylic acids is 1. The van der Waals surface area contributed by atoms with Gasteiger partial charge in [0, 0.05) is 0 Å². The van der Waals surface area contributed by atoms with Crippen molar-refractivity contribution in [2.45, 2.75) is 31.4 Å². The van der Waals surface area contributed by atoms with Crippen LogP contribution in [0.4, 0.5) is 4.39 Å². The quantitative estimate of drug-likeness (QED) is 0.581. The third-order valence-corrected chi connectivity index (χ3v) is 5.63. The van der Waals surface area contributed by atoms with Crippen molar-refractivity contribution in [3.8, 4) is 0 Å². The third kappa shape index (κ3) is 4.97. The van der Waals surface area contributed by atoms with E-state index in [4.69, 9.17) is 4.74 Å². The summed E-state index contributed by atoms with van der Waals surface area (Å²) in [5.41, 5.74) is 2.00. The van der Waals surface area contributed by atoms with E-state index >= 15 is 0 Å². The minimum atomic E-state index is -1.58. The van der Waals surface area contributed by atoms with Gasteiger partial charge in [0.25, 0.3) is 0 Å². The number of benzene rings is 2. The van der Waals surface area contributed by atoms with Gasteiger partial charge in [0.2, 0.25) is 0 Å².